The number of hydrogen-bond donors (Lipinski definition) is 2. The second kappa shape index (κ2) is 8.89. The highest BCUT2D eigenvalue weighted by atomic mass is 32.2. The monoisotopic (exact) mass is 465 g/mol. The molecule has 2 aromatic carbocycles. The second-order valence-electron chi connectivity index (χ2n) is 7.99. The number of aliphatic hydroxyl groups excluding tert-OH is 1. The van der Waals surface area contributed by atoms with E-state index in [0.29, 0.717) is 0 Å². The zero-order valence-corrected chi connectivity index (χ0v) is 18.8. The van der Waals surface area contributed by atoms with Gasteiger partial charge in [-0.1, -0.05) is 17.2 Å². The fourth-order valence-electron chi connectivity index (χ4n) is 4.22. The standard InChI is InChI=1S/C23H24N6O3S/c30-10-11-33(31,32)20-3-1-2-19(13-20)28-6-8-29(9-7-28)23-21-12-17(18-14-26-27-15-18)4-5-22(21)24-16-25-23/h1-5,12-16,30H,6-11H2,(H,26,27)/p+1. The normalized spacial score (nSPS) is 16.5. The Labute approximate surface area is 192 Å². The van der Waals surface area contributed by atoms with Gasteiger partial charge in [0.05, 0.1) is 34.6 Å². The Balaban J connectivity index is 1.37. The number of nitrogens with two attached hydrogens (primary N) is 1. The molecule has 0 saturated carbocycles. The molecule has 0 aliphatic carbocycles. The van der Waals surface area contributed by atoms with E-state index in [0.717, 1.165) is 59.7 Å². The molecule has 10 heteroatoms. The van der Waals surface area contributed by atoms with Crippen LogP contribution in [0.2, 0.25) is 0 Å². The molecule has 0 amide bonds. The fourth-order valence-corrected chi connectivity index (χ4v) is 5.29. The fraction of sp³-hybridized carbons (Fsp3) is 0.261. The number of anilines is 2. The molecule has 0 spiro atoms. The summed E-state index contributed by atoms with van der Waals surface area (Å²) >= 11 is 0. The van der Waals surface area contributed by atoms with Gasteiger partial charge < -0.3 is 14.9 Å². The Morgan fingerprint density at radius 1 is 1.00 bits per heavy atom. The predicted octanol–water partition coefficient (Wildman–Crippen LogP) is 0.626. The van der Waals surface area contributed by atoms with Crippen molar-refractivity contribution in [1.29, 1.82) is 0 Å². The summed E-state index contributed by atoms with van der Waals surface area (Å²) in [6.45, 7) is 2.59. The van der Waals surface area contributed by atoms with Gasteiger partial charge in [-0.25, -0.2) is 18.4 Å². The Morgan fingerprint density at radius 2 is 1.82 bits per heavy atom. The zero-order valence-electron chi connectivity index (χ0n) is 18.0. The molecule has 2 aliphatic rings. The summed E-state index contributed by atoms with van der Waals surface area (Å²) in [4.78, 5) is 13.7. The highest BCUT2D eigenvalue weighted by Crippen LogP contribution is 2.28. The molecule has 9 nitrogen and oxygen atoms in total. The topological polar surface area (TPSA) is 116 Å². The Hall–Kier alpha value is -3.34. The Bertz CT molecular complexity index is 1350. The molecule has 3 aromatic rings. The van der Waals surface area contributed by atoms with Crippen LogP contribution in [0.15, 0.2) is 65.0 Å². The van der Waals surface area contributed by atoms with Gasteiger partial charge in [0.1, 0.15) is 18.3 Å². The molecular formula is C23H25N6O3S+. The van der Waals surface area contributed by atoms with E-state index in [1.807, 2.05) is 30.6 Å². The van der Waals surface area contributed by atoms with E-state index < -0.39 is 9.84 Å². The molecule has 0 atom stereocenters. The summed E-state index contributed by atoms with van der Waals surface area (Å²) < 4.78 is 24.7. The summed E-state index contributed by atoms with van der Waals surface area (Å²) in [6.07, 6.45) is 5.43. The molecule has 0 bridgehead atoms. The van der Waals surface area contributed by atoms with Crippen molar-refractivity contribution < 1.29 is 19.0 Å². The molecular weight excluding hydrogens is 440 g/mol. The van der Waals surface area contributed by atoms with Gasteiger partial charge in [-0.05, 0) is 35.9 Å². The van der Waals surface area contributed by atoms with Crippen molar-refractivity contribution in [3.05, 3.63) is 60.6 Å². The van der Waals surface area contributed by atoms with E-state index in [-0.39, 0.29) is 17.3 Å². The van der Waals surface area contributed by atoms with Gasteiger partial charge in [0.15, 0.2) is 9.84 Å². The van der Waals surface area contributed by atoms with Crippen molar-refractivity contribution in [3.8, 4) is 0 Å². The number of hydrogen-bond acceptors (Lipinski definition) is 8. The van der Waals surface area contributed by atoms with Crippen molar-refractivity contribution in [3.63, 3.8) is 0 Å². The first-order valence-corrected chi connectivity index (χ1v) is 12.5. The molecule has 3 heterocycles. The van der Waals surface area contributed by atoms with E-state index in [1.54, 1.807) is 30.0 Å². The third kappa shape index (κ3) is 4.32. The van der Waals surface area contributed by atoms with Crippen LogP contribution < -0.4 is 15.2 Å². The number of sulfone groups is 1. The number of quaternary nitrogens is 1. The van der Waals surface area contributed by atoms with Crippen LogP contribution in [-0.2, 0) is 9.84 Å². The first-order chi connectivity index (χ1) is 16.0. The minimum atomic E-state index is -3.48. The van der Waals surface area contributed by atoms with Crippen molar-refractivity contribution in [1.82, 2.24) is 9.97 Å². The molecule has 5 rings (SSSR count). The second-order valence-corrected chi connectivity index (χ2v) is 10.1. The van der Waals surface area contributed by atoms with E-state index in [9.17, 15) is 8.42 Å². The lowest BCUT2D eigenvalue weighted by Gasteiger charge is -2.37. The van der Waals surface area contributed by atoms with Crippen molar-refractivity contribution >= 4 is 44.0 Å². The van der Waals surface area contributed by atoms with Gasteiger partial charge in [0.2, 0.25) is 0 Å². The lowest BCUT2D eigenvalue weighted by atomic mass is 10.0. The predicted molar refractivity (Wildman–Crippen MR) is 128 cm³/mol. The maximum absolute atomic E-state index is 12.3. The van der Waals surface area contributed by atoms with Crippen LogP contribution in [0.5, 0.6) is 0 Å². The summed E-state index contributed by atoms with van der Waals surface area (Å²) in [7, 11) is -3.48. The smallest absolute Gasteiger partial charge is 0.180 e. The van der Waals surface area contributed by atoms with Gasteiger partial charge in [-0.15, -0.1) is 0 Å². The van der Waals surface area contributed by atoms with Crippen LogP contribution >= 0.6 is 0 Å². The first kappa shape index (κ1) is 21.5. The number of aromatic nitrogens is 2. The van der Waals surface area contributed by atoms with E-state index in [4.69, 9.17) is 5.11 Å². The Morgan fingerprint density at radius 3 is 2.58 bits per heavy atom. The number of nitrogens with zero attached hydrogens (tertiary/aromatic N) is 5. The zero-order chi connectivity index (χ0) is 22.8. The molecule has 2 aliphatic heterocycles. The maximum atomic E-state index is 12.3. The summed E-state index contributed by atoms with van der Waals surface area (Å²) in [5, 5.41) is 14.2. The van der Waals surface area contributed by atoms with Gasteiger partial charge in [0, 0.05) is 37.3 Å². The first-order valence-electron chi connectivity index (χ1n) is 10.8. The molecule has 1 fully saturated rings. The minimum absolute atomic E-state index is 0.243. The van der Waals surface area contributed by atoms with E-state index >= 15 is 0 Å². The van der Waals surface area contributed by atoms with Crippen molar-refractivity contribution in [2.75, 3.05) is 48.3 Å². The minimum Gasteiger partial charge on any atom is -0.395 e. The molecule has 0 unspecified atom stereocenters. The largest absolute Gasteiger partial charge is 0.395 e. The summed E-state index contributed by atoms with van der Waals surface area (Å²) in [5.74, 6) is 0.633. The lowest BCUT2D eigenvalue weighted by Crippen LogP contribution is -2.69. The molecule has 3 N–H and O–H groups in total. The third-order valence-electron chi connectivity index (χ3n) is 5.98. The molecule has 33 heavy (non-hydrogen) atoms. The molecule has 1 saturated heterocycles. The number of allylic oxidation sites excluding steroid dienone is 1. The van der Waals surface area contributed by atoms with Crippen molar-refractivity contribution in [2.24, 2.45) is 5.10 Å². The van der Waals surface area contributed by atoms with Crippen LogP contribution in [0.1, 0.15) is 5.56 Å². The average Bonchev–Trinajstić information content (AvgIpc) is 3.39. The van der Waals surface area contributed by atoms with E-state index in [2.05, 4.69) is 30.9 Å². The number of aliphatic hydroxyl groups is 1. The molecule has 170 valence electrons. The maximum Gasteiger partial charge on any atom is 0.180 e. The number of benzene rings is 2. The molecule has 1 aromatic heterocycles. The van der Waals surface area contributed by atoms with Gasteiger partial charge >= 0.3 is 0 Å². The lowest BCUT2D eigenvalue weighted by molar-refractivity contribution is -0.589. The van der Waals surface area contributed by atoms with Gasteiger partial charge in [-0.2, -0.15) is 5.43 Å². The summed E-state index contributed by atoms with van der Waals surface area (Å²) in [6, 6.07) is 13.1. The SMILES string of the molecule is O=S(=O)(CCO)c1cccc(N2CCN(c3ncnc4ccc(C5=C[NH2+]N=C5)cc34)CC2)c1. The van der Waals surface area contributed by atoms with Crippen LogP contribution in [0.25, 0.3) is 16.5 Å². The van der Waals surface area contributed by atoms with Gasteiger partial charge in [-0.3, -0.25) is 0 Å². The van der Waals surface area contributed by atoms with Crippen LogP contribution in [0.3, 0.4) is 0 Å². The highest BCUT2D eigenvalue weighted by Gasteiger charge is 2.22. The van der Waals surface area contributed by atoms with Crippen LogP contribution in [0.4, 0.5) is 11.5 Å². The number of rotatable bonds is 6. The Kier molecular flexibility index (Phi) is 5.79. The average molecular weight is 466 g/mol. The van der Waals surface area contributed by atoms with Crippen molar-refractivity contribution in [2.45, 2.75) is 4.90 Å². The highest BCUT2D eigenvalue weighted by molar-refractivity contribution is 7.91. The van der Waals surface area contributed by atoms with Crippen LogP contribution in [-0.4, -0.2) is 68.2 Å². The van der Waals surface area contributed by atoms with Gasteiger partial charge in [0.25, 0.3) is 0 Å². The quantitative estimate of drug-likeness (QED) is 0.513. The molecule has 0 radical (unpaired) electrons. The third-order valence-corrected chi connectivity index (χ3v) is 7.67. The van der Waals surface area contributed by atoms with Crippen LogP contribution in [0, 0.1) is 0 Å². The number of fused-ring (bicyclic) bond motifs is 1. The number of piperazine rings is 1. The summed E-state index contributed by atoms with van der Waals surface area (Å²) in [5.41, 5.74) is 5.69. The van der Waals surface area contributed by atoms with E-state index in [1.165, 1.54) is 0 Å².